The Hall–Kier alpha value is -1.000. The Morgan fingerprint density at radius 2 is 2.11 bits per heavy atom. The van der Waals surface area contributed by atoms with Gasteiger partial charge < -0.3 is 15.2 Å². The standard InChI is InChI=1S/C18H26ClN5OS.HI/c1-5-20-17(22-12-18(2,3)26-4)21-10-9-15-23-16(24-25-15)13-7-6-8-14(19)11-13;/h6-8,11H,5,9-10,12H2,1-4H3,(H2,20,21,22);1H. The average molecular weight is 524 g/mol. The van der Waals surface area contributed by atoms with Crippen LogP contribution >= 0.6 is 47.3 Å². The summed E-state index contributed by atoms with van der Waals surface area (Å²) in [6.07, 6.45) is 2.72. The molecule has 0 unspecified atom stereocenters. The molecule has 0 spiro atoms. The lowest BCUT2D eigenvalue weighted by atomic mass is 10.2. The number of aromatic nitrogens is 2. The fraction of sp³-hybridized carbons (Fsp3) is 0.500. The van der Waals surface area contributed by atoms with Crippen molar-refractivity contribution < 1.29 is 4.52 Å². The van der Waals surface area contributed by atoms with Crippen LogP contribution in [0.25, 0.3) is 11.4 Å². The lowest BCUT2D eigenvalue weighted by molar-refractivity contribution is 0.378. The highest BCUT2D eigenvalue weighted by molar-refractivity contribution is 14.0. The first-order valence-electron chi connectivity index (χ1n) is 8.59. The molecule has 1 aromatic heterocycles. The molecule has 0 atom stereocenters. The second-order valence-corrected chi connectivity index (χ2v) is 8.31. The highest BCUT2D eigenvalue weighted by Gasteiger charge is 2.15. The van der Waals surface area contributed by atoms with Gasteiger partial charge in [-0.3, -0.25) is 4.99 Å². The van der Waals surface area contributed by atoms with E-state index >= 15 is 0 Å². The molecule has 0 bridgehead atoms. The van der Waals surface area contributed by atoms with E-state index in [1.807, 2.05) is 31.2 Å². The molecule has 1 heterocycles. The Morgan fingerprint density at radius 3 is 2.78 bits per heavy atom. The third kappa shape index (κ3) is 8.27. The van der Waals surface area contributed by atoms with E-state index in [0.29, 0.717) is 29.7 Å². The van der Waals surface area contributed by atoms with E-state index in [1.165, 1.54) is 0 Å². The molecule has 0 aliphatic carbocycles. The Balaban J connectivity index is 0.00000364. The van der Waals surface area contributed by atoms with E-state index in [2.05, 4.69) is 45.9 Å². The van der Waals surface area contributed by atoms with Crippen LogP contribution in [0.15, 0.2) is 33.8 Å². The molecule has 150 valence electrons. The minimum atomic E-state index is 0. The SMILES string of the molecule is CCNC(=NCC(C)(C)SC)NCCc1nc(-c2cccc(Cl)c2)no1.I. The van der Waals surface area contributed by atoms with E-state index in [0.717, 1.165) is 24.6 Å². The number of rotatable bonds is 8. The van der Waals surface area contributed by atoms with Gasteiger partial charge in [0.25, 0.3) is 0 Å². The lowest BCUT2D eigenvalue weighted by Gasteiger charge is -2.20. The maximum absolute atomic E-state index is 6.00. The van der Waals surface area contributed by atoms with Gasteiger partial charge in [0.15, 0.2) is 5.96 Å². The Labute approximate surface area is 187 Å². The normalized spacial score (nSPS) is 11.8. The zero-order valence-corrected chi connectivity index (χ0v) is 20.0. The summed E-state index contributed by atoms with van der Waals surface area (Å²) in [4.78, 5) is 9.06. The van der Waals surface area contributed by atoms with Gasteiger partial charge in [-0.15, -0.1) is 24.0 Å². The first-order chi connectivity index (χ1) is 12.4. The monoisotopic (exact) mass is 523 g/mol. The number of guanidine groups is 1. The molecule has 6 nitrogen and oxygen atoms in total. The van der Waals surface area contributed by atoms with Gasteiger partial charge in [-0.2, -0.15) is 16.7 Å². The van der Waals surface area contributed by atoms with Gasteiger partial charge in [0.1, 0.15) is 0 Å². The predicted molar refractivity (Wildman–Crippen MR) is 125 cm³/mol. The minimum Gasteiger partial charge on any atom is -0.357 e. The summed E-state index contributed by atoms with van der Waals surface area (Å²) in [6.45, 7) is 8.62. The highest BCUT2D eigenvalue weighted by Crippen LogP contribution is 2.21. The third-order valence-electron chi connectivity index (χ3n) is 3.70. The van der Waals surface area contributed by atoms with Crippen molar-refractivity contribution in [2.45, 2.75) is 31.9 Å². The maximum Gasteiger partial charge on any atom is 0.228 e. The molecule has 0 aliphatic heterocycles. The molecule has 1 aromatic carbocycles. The van der Waals surface area contributed by atoms with Crippen LogP contribution in [0.4, 0.5) is 0 Å². The summed E-state index contributed by atoms with van der Waals surface area (Å²) in [6, 6.07) is 7.40. The van der Waals surface area contributed by atoms with E-state index in [-0.39, 0.29) is 28.7 Å². The van der Waals surface area contributed by atoms with Crippen molar-refractivity contribution in [3.63, 3.8) is 0 Å². The molecule has 0 saturated carbocycles. The number of hydrogen-bond donors (Lipinski definition) is 2. The van der Waals surface area contributed by atoms with Crippen LogP contribution in [-0.2, 0) is 6.42 Å². The Bertz CT molecular complexity index is 738. The molecule has 0 radical (unpaired) electrons. The first kappa shape index (κ1) is 24.0. The van der Waals surface area contributed by atoms with Gasteiger partial charge in [0, 0.05) is 34.8 Å². The highest BCUT2D eigenvalue weighted by atomic mass is 127. The molecular formula is C18H27ClIN5OS. The van der Waals surface area contributed by atoms with Crippen molar-refractivity contribution in [3.8, 4) is 11.4 Å². The number of hydrogen-bond acceptors (Lipinski definition) is 5. The van der Waals surface area contributed by atoms with Crippen molar-refractivity contribution >= 4 is 53.3 Å². The fourth-order valence-electron chi connectivity index (χ4n) is 2.06. The quantitative estimate of drug-likeness (QED) is 0.306. The maximum atomic E-state index is 6.00. The second kappa shape index (κ2) is 11.8. The van der Waals surface area contributed by atoms with E-state index in [9.17, 15) is 0 Å². The zero-order chi connectivity index (χ0) is 19.0. The van der Waals surface area contributed by atoms with Crippen molar-refractivity contribution in [1.82, 2.24) is 20.8 Å². The summed E-state index contributed by atoms with van der Waals surface area (Å²) in [5, 5.41) is 11.2. The van der Waals surface area contributed by atoms with E-state index in [4.69, 9.17) is 16.1 Å². The third-order valence-corrected chi connectivity index (χ3v) is 5.17. The molecule has 0 saturated heterocycles. The molecule has 0 amide bonds. The summed E-state index contributed by atoms with van der Waals surface area (Å²) in [5.74, 6) is 1.92. The molecule has 0 fully saturated rings. The van der Waals surface area contributed by atoms with E-state index < -0.39 is 0 Å². The number of thioether (sulfide) groups is 1. The fourth-order valence-corrected chi connectivity index (χ4v) is 2.45. The van der Waals surface area contributed by atoms with Crippen molar-refractivity contribution in [1.29, 1.82) is 0 Å². The van der Waals surface area contributed by atoms with Gasteiger partial charge in [-0.05, 0) is 39.2 Å². The summed E-state index contributed by atoms with van der Waals surface area (Å²) in [7, 11) is 0. The number of benzene rings is 1. The lowest BCUT2D eigenvalue weighted by Crippen LogP contribution is -2.39. The molecular weight excluding hydrogens is 497 g/mol. The molecule has 27 heavy (non-hydrogen) atoms. The molecule has 2 rings (SSSR count). The van der Waals surface area contributed by atoms with Crippen molar-refractivity contribution in [3.05, 3.63) is 35.2 Å². The summed E-state index contributed by atoms with van der Waals surface area (Å²) in [5.41, 5.74) is 0.842. The van der Waals surface area contributed by atoms with Gasteiger partial charge in [-0.1, -0.05) is 28.9 Å². The summed E-state index contributed by atoms with van der Waals surface area (Å²) < 4.78 is 5.44. The molecule has 0 aliphatic rings. The molecule has 2 N–H and O–H groups in total. The van der Waals surface area contributed by atoms with Crippen LogP contribution in [0.3, 0.4) is 0 Å². The number of aliphatic imine (C=N–C) groups is 1. The molecule has 2 aromatic rings. The van der Waals surface area contributed by atoms with Crippen LogP contribution in [0.1, 0.15) is 26.7 Å². The average Bonchev–Trinajstić information content (AvgIpc) is 3.09. The van der Waals surface area contributed by atoms with Crippen LogP contribution in [0, 0.1) is 0 Å². The van der Waals surface area contributed by atoms with Gasteiger partial charge >= 0.3 is 0 Å². The smallest absolute Gasteiger partial charge is 0.228 e. The largest absolute Gasteiger partial charge is 0.357 e. The second-order valence-electron chi connectivity index (χ2n) is 6.36. The topological polar surface area (TPSA) is 75.3 Å². The van der Waals surface area contributed by atoms with Gasteiger partial charge in [0.2, 0.25) is 11.7 Å². The van der Waals surface area contributed by atoms with Crippen LogP contribution in [-0.4, -0.2) is 46.7 Å². The predicted octanol–water partition coefficient (Wildman–Crippen LogP) is 4.25. The Morgan fingerprint density at radius 1 is 1.33 bits per heavy atom. The van der Waals surface area contributed by atoms with Crippen molar-refractivity contribution in [2.24, 2.45) is 4.99 Å². The van der Waals surface area contributed by atoms with Crippen molar-refractivity contribution in [2.75, 3.05) is 25.9 Å². The number of halogens is 2. The Kier molecular flexibility index (Phi) is 10.5. The van der Waals surface area contributed by atoms with Crippen LogP contribution in [0.2, 0.25) is 5.02 Å². The zero-order valence-electron chi connectivity index (χ0n) is 16.1. The van der Waals surface area contributed by atoms with Crippen LogP contribution < -0.4 is 10.6 Å². The summed E-state index contributed by atoms with van der Waals surface area (Å²) >= 11 is 7.81. The molecule has 9 heteroatoms. The first-order valence-corrected chi connectivity index (χ1v) is 10.2. The van der Waals surface area contributed by atoms with Gasteiger partial charge in [0.05, 0.1) is 6.54 Å². The van der Waals surface area contributed by atoms with E-state index in [1.54, 1.807) is 11.8 Å². The number of nitrogens with one attached hydrogen (secondary N) is 2. The number of nitrogens with zero attached hydrogens (tertiary/aromatic N) is 3. The van der Waals surface area contributed by atoms with Crippen LogP contribution in [0.5, 0.6) is 0 Å². The van der Waals surface area contributed by atoms with Gasteiger partial charge in [-0.25, -0.2) is 0 Å². The minimum absolute atomic E-state index is 0.